The number of rotatable bonds is 4. The van der Waals surface area contributed by atoms with Gasteiger partial charge in [0, 0.05) is 10.2 Å². The highest BCUT2D eigenvalue weighted by molar-refractivity contribution is 9.10. The van der Waals surface area contributed by atoms with Gasteiger partial charge in [0.2, 0.25) is 5.88 Å². The monoisotopic (exact) mass is 384 g/mol. The van der Waals surface area contributed by atoms with Crippen molar-refractivity contribution in [1.82, 2.24) is 9.97 Å². The molecule has 0 fully saturated rings. The van der Waals surface area contributed by atoms with E-state index in [0.717, 1.165) is 21.3 Å². The first kappa shape index (κ1) is 16.3. The average molecular weight is 385 g/mol. The molecule has 0 spiro atoms. The van der Waals surface area contributed by atoms with Crippen LogP contribution in [0.15, 0.2) is 53.3 Å². The number of nitrogen functional groups attached to an aromatic ring is 1. The van der Waals surface area contributed by atoms with Crippen molar-refractivity contribution in [2.75, 3.05) is 11.1 Å². The number of hydrogen-bond donors (Lipinski definition) is 2. The van der Waals surface area contributed by atoms with Gasteiger partial charge in [0.05, 0.1) is 0 Å². The van der Waals surface area contributed by atoms with Crippen LogP contribution in [0.1, 0.15) is 11.1 Å². The number of aromatic nitrogens is 2. The molecule has 0 atom stereocenters. The third-order valence-electron chi connectivity index (χ3n) is 3.52. The Hall–Kier alpha value is -2.60. The SMILES string of the molecule is Cc1ccc(C)c(Nc2ncnc(Oc3ccc(Br)cc3)c2N)c1. The molecule has 0 aliphatic heterocycles. The van der Waals surface area contributed by atoms with E-state index in [0.29, 0.717) is 23.1 Å². The van der Waals surface area contributed by atoms with Gasteiger partial charge in [0.1, 0.15) is 17.8 Å². The van der Waals surface area contributed by atoms with Crippen LogP contribution in [0.3, 0.4) is 0 Å². The number of nitrogens with two attached hydrogens (primary N) is 1. The maximum atomic E-state index is 6.18. The van der Waals surface area contributed by atoms with E-state index in [2.05, 4.69) is 37.3 Å². The molecule has 3 aromatic rings. The highest BCUT2D eigenvalue weighted by Gasteiger charge is 2.11. The molecule has 1 aromatic heterocycles. The summed E-state index contributed by atoms with van der Waals surface area (Å²) in [6.45, 7) is 4.06. The van der Waals surface area contributed by atoms with Crippen LogP contribution in [0, 0.1) is 13.8 Å². The van der Waals surface area contributed by atoms with E-state index in [1.54, 1.807) is 0 Å². The van der Waals surface area contributed by atoms with E-state index in [4.69, 9.17) is 10.5 Å². The molecule has 0 unspecified atom stereocenters. The number of halogens is 1. The van der Waals surface area contributed by atoms with E-state index in [-0.39, 0.29) is 0 Å². The van der Waals surface area contributed by atoms with E-state index >= 15 is 0 Å². The Labute approximate surface area is 149 Å². The van der Waals surface area contributed by atoms with Gasteiger partial charge in [-0.05, 0) is 55.3 Å². The molecule has 2 aromatic carbocycles. The van der Waals surface area contributed by atoms with Crippen LogP contribution in [-0.4, -0.2) is 9.97 Å². The van der Waals surface area contributed by atoms with Crippen molar-refractivity contribution in [3.8, 4) is 11.6 Å². The molecule has 0 aliphatic rings. The lowest BCUT2D eigenvalue weighted by Crippen LogP contribution is -2.04. The van der Waals surface area contributed by atoms with Gasteiger partial charge in [0.15, 0.2) is 5.82 Å². The maximum absolute atomic E-state index is 6.18. The van der Waals surface area contributed by atoms with Crippen LogP contribution in [0.5, 0.6) is 11.6 Å². The van der Waals surface area contributed by atoms with Crippen LogP contribution in [-0.2, 0) is 0 Å². The minimum absolute atomic E-state index is 0.320. The summed E-state index contributed by atoms with van der Waals surface area (Å²) in [5.41, 5.74) is 9.75. The molecule has 24 heavy (non-hydrogen) atoms. The van der Waals surface area contributed by atoms with Crippen LogP contribution in [0.25, 0.3) is 0 Å². The Balaban J connectivity index is 1.88. The van der Waals surface area contributed by atoms with Gasteiger partial charge >= 0.3 is 0 Å². The molecule has 6 heteroatoms. The molecule has 0 bridgehead atoms. The van der Waals surface area contributed by atoms with Gasteiger partial charge in [-0.15, -0.1) is 0 Å². The summed E-state index contributed by atoms with van der Waals surface area (Å²) < 4.78 is 6.73. The van der Waals surface area contributed by atoms with Crippen molar-refractivity contribution >= 4 is 33.1 Å². The molecular formula is C18H17BrN4O. The van der Waals surface area contributed by atoms with Gasteiger partial charge in [-0.2, -0.15) is 4.98 Å². The number of hydrogen-bond acceptors (Lipinski definition) is 5. The maximum Gasteiger partial charge on any atom is 0.248 e. The minimum atomic E-state index is 0.320. The summed E-state index contributed by atoms with van der Waals surface area (Å²) in [6, 6.07) is 13.6. The van der Waals surface area contributed by atoms with E-state index in [9.17, 15) is 0 Å². The van der Waals surface area contributed by atoms with Gasteiger partial charge < -0.3 is 15.8 Å². The number of ether oxygens (including phenoxy) is 1. The lowest BCUT2D eigenvalue weighted by molar-refractivity contribution is 0.464. The molecule has 0 saturated heterocycles. The van der Waals surface area contributed by atoms with Crippen molar-refractivity contribution in [3.63, 3.8) is 0 Å². The number of nitrogens with zero attached hydrogens (tertiary/aromatic N) is 2. The largest absolute Gasteiger partial charge is 0.437 e. The standard InChI is InChI=1S/C18H17BrN4O/c1-11-3-4-12(2)15(9-11)23-17-16(20)18(22-10-21-17)24-14-7-5-13(19)6-8-14/h3-10H,20H2,1-2H3,(H,21,22,23). The summed E-state index contributed by atoms with van der Waals surface area (Å²) in [5.74, 6) is 1.49. The average Bonchev–Trinajstić information content (AvgIpc) is 2.56. The van der Waals surface area contributed by atoms with Crippen molar-refractivity contribution in [3.05, 3.63) is 64.4 Å². The predicted octanol–water partition coefficient (Wildman–Crippen LogP) is 4.97. The first-order chi connectivity index (χ1) is 11.5. The van der Waals surface area contributed by atoms with Crippen LogP contribution in [0.4, 0.5) is 17.2 Å². The molecule has 3 N–H and O–H groups in total. The van der Waals surface area contributed by atoms with Crippen molar-refractivity contribution in [2.45, 2.75) is 13.8 Å². The Morgan fingerprint density at radius 3 is 2.54 bits per heavy atom. The Morgan fingerprint density at radius 1 is 1.04 bits per heavy atom. The normalized spacial score (nSPS) is 10.5. The summed E-state index contributed by atoms with van der Waals surface area (Å²) >= 11 is 3.39. The summed E-state index contributed by atoms with van der Waals surface area (Å²) in [7, 11) is 0. The molecule has 0 amide bonds. The third-order valence-corrected chi connectivity index (χ3v) is 4.05. The fourth-order valence-corrected chi connectivity index (χ4v) is 2.44. The highest BCUT2D eigenvalue weighted by atomic mass is 79.9. The molecule has 0 aliphatic carbocycles. The van der Waals surface area contributed by atoms with Crippen LogP contribution >= 0.6 is 15.9 Å². The zero-order valence-corrected chi connectivity index (χ0v) is 15.0. The van der Waals surface area contributed by atoms with E-state index in [1.807, 2.05) is 50.2 Å². The lowest BCUT2D eigenvalue weighted by Gasteiger charge is -2.13. The summed E-state index contributed by atoms with van der Waals surface area (Å²) in [5, 5.41) is 3.25. The molecule has 5 nitrogen and oxygen atoms in total. The third kappa shape index (κ3) is 3.65. The fourth-order valence-electron chi connectivity index (χ4n) is 2.17. The molecule has 3 rings (SSSR count). The molecule has 0 saturated carbocycles. The van der Waals surface area contributed by atoms with Gasteiger partial charge in [-0.1, -0.05) is 28.1 Å². The summed E-state index contributed by atoms with van der Waals surface area (Å²) in [4.78, 5) is 8.35. The molecule has 0 radical (unpaired) electrons. The van der Waals surface area contributed by atoms with E-state index < -0.39 is 0 Å². The Kier molecular flexibility index (Phi) is 4.66. The molecule has 122 valence electrons. The number of aryl methyl sites for hydroxylation is 2. The zero-order valence-electron chi connectivity index (χ0n) is 13.4. The van der Waals surface area contributed by atoms with Crippen LogP contribution in [0.2, 0.25) is 0 Å². The number of benzene rings is 2. The highest BCUT2D eigenvalue weighted by Crippen LogP contribution is 2.32. The minimum Gasteiger partial charge on any atom is -0.437 e. The van der Waals surface area contributed by atoms with Gasteiger partial charge in [-0.3, -0.25) is 0 Å². The number of anilines is 3. The predicted molar refractivity (Wildman–Crippen MR) is 99.9 cm³/mol. The number of nitrogens with one attached hydrogen (secondary N) is 1. The second kappa shape index (κ2) is 6.88. The Bertz CT molecular complexity index is 865. The van der Waals surface area contributed by atoms with Crippen molar-refractivity contribution in [1.29, 1.82) is 0 Å². The topological polar surface area (TPSA) is 73.1 Å². The second-order valence-electron chi connectivity index (χ2n) is 5.44. The smallest absolute Gasteiger partial charge is 0.248 e. The first-order valence-electron chi connectivity index (χ1n) is 7.41. The van der Waals surface area contributed by atoms with Crippen LogP contribution < -0.4 is 15.8 Å². The second-order valence-corrected chi connectivity index (χ2v) is 6.36. The Morgan fingerprint density at radius 2 is 1.79 bits per heavy atom. The lowest BCUT2D eigenvalue weighted by atomic mass is 10.1. The van der Waals surface area contributed by atoms with Gasteiger partial charge in [0.25, 0.3) is 0 Å². The quantitative estimate of drug-likeness (QED) is 0.663. The van der Waals surface area contributed by atoms with Crippen molar-refractivity contribution < 1.29 is 4.74 Å². The molecule has 1 heterocycles. The first-order valence-corrected chi connectivity index (χ1v) is 8.20. The zero-order chi connectivity index (χ0) is 17.1. The summed E-state index contributed by atoms with van der Waals surface area (Å²) in [6.07, 6.45) is 1.43. The van der Waals surface area contributed by atoms with Crippen molar-refractivity contribution in [2.24, 2.45) is 0 Å². The fraction of sp³-hybridized carbons (Fsp3) is 0.111. The van der Waals surface area contributed by atoms with E-state index in [1.165, 1.54) is 6.33 Å². The van der Waals surface area contributed by atoms with Gasteiger partial charge in [-0.25, -0.2) is 4.98 Å². The molecular weight excluding hydrogens is 368 g/mol.